The van der Waals surface area contributed by atoms with Crippen LogP contribution in [0.3, 0.4) is 0 Å². The topological polar surface area (TPSA) is 60.2 Å². The molecule has 0 radical (unpaired) electrons. The van der Waals surface area contributed by atoms with Crippen LogP contribution in [-0.4, -0.2) is 44.3 Å². The molecule has 1 aromatic heterocycles. The van der Waals surface area contributed by atoms with Crippen molar-refractivity contribution in [1.29, 1.82) is 0 Å². The minimum absolute atomic E-state index is 0.0570. The Morgan fingerprint density at radius 3 is 2.62 bits per heavy atom. The summed E-state index contributed by atoms with van der Waals surface area (Å²) < 4.78 is 7.92. The molecule has 3 aromatic rings. The van der Waals surface area contributed by atoms with E-state index >= 15 is 0 Å². The molecule has 5 rings (SSSR count). The third-order valence-electron chi connectivity index (χ3n) is 5.94. The number of carbonyl (C=O) groups excluding carboxylic acids is 1. The predicted octanol–water partition coefficient (Wildman–Crippen LogP) is 3.57. The molecule has 0 saturated carbocycles. The molecule has 1 fully saturated rings. The number of para-hydroxylation sites is 1. The lowest BCUT2D eigenvalue weighted by molar-refractivity contribution is 0.0661. The van der Waals surface area contributed by atoms with E-state index in [1.54, 1.807) is 0 Å². The summed E-state index contributed by atoms with van der Waals surface area (Å²) >= 11 is 0. The first-order chi connectivity index (χ1) is 14.3. The van der Waals surface area contributed by atoms with E-state index in [0.717, 1.165) is 43.0 Å². The lowest BCUT2D eigenvalue weighted by Crippen LogP contribution is -2.42. The third kappa shape index (κ3) is 3.09. The highest BCUT2D eigenvalue weighted by Crippen LogP contribution is 2.35. The molecule has 6 heteroatoms. The molecule has 6 nitrogen and oxygen atoms in total. The van der Waals surface area contributed by atoms with Crippen LogP contribution in [0.4, 0.5) is 0 Å². The van der Waals surface area contributed by atoms with Gasteiger partial charge in [-0.3, -0.25) is 4.79 Å². The first kappa shape index (κ1) is 17.9. The van der Waals surface area contributed by atoms with Crippen LogP contribution in [0.5, 0.6) is 5.75 Å². The SMILES string of the molecule is CCOc1ccccc1C(=O)N1C2CCC1Cn1c(nnc1-c1ccccc1)C2. The summed E-state index contributed by atoms with van der Waals surface area (Å²) in [4.78, 5) is 15.6. The van der Waals surface area contributed by atoms with Gasteiger partial charge in [0.25, 0.3) is 5.91 Å². The lowest BCUT2D eigenvalue weighted by atomic mass is 10.1. The second kappa shape index (κ2) is 7.35. The minimum Gasteiger partial charge on any atom is -0.493 e. The fourth-order valence-electron chi connectivity index (χ4n) is 4.64. The molecule has 2 unspecified atom stereocenters. The average Bonchev–Trinajstić information content (AvgIpc) is 3.28. The molecule has 1 saturated heterocycles. The van der Waals surface area contributed by atoms with Crippen LogP contribution >= 0.6 is 0 Å². The standard InChI is InChI=1S/C23H24N4O2/c1-2-29-20-11-7-6-10-19(20)23(28)27-17-12-13-18(27)15-26-21(14-17)24-25-22(26)16-8-4-3-5-9-16/h3-11,17-18H,2,12-15H2,1H3. The van der Waals surface area contributed by atoms with Gasteiger partial charge in [-0.1, -0.05) is 42.5 Å². The Morgan fingerprint density at radius 2 is 1.79 bits per heavy atom. The maximum Gasteiger partial charge on any atom is 0.258 e. The highest BCUT2D eigenvalue weighted by molar-refractivity contribution is 5.97. The largest absolute Gasteiger partial charge is 0.493 e. The van der Waals surface area contributed by atoms with E-state index in [1.165, 1.54) is 0 Å². The monoisotopic (exact) mass is 388 g/mol. The predicted molar refractivity (Wildman–Crippen MR) is 110 cm³/mol. The summed E-state index contributed by atoms with van der Waals surface area (Å²) in [5.74, 6) is 2.57. The van der Waals surface area contributed by atoms with Crippen molar-refractivity contribution in [3.05, 3.63) is 66.0 Å². The van der Waals surface area contributed by atoms with Crippen molar-refractivity contribution in [3.63, 3.8) is 0 Å². The molecular weight excluding hydrogens is 364 g/mol. The van der Waals surface area contributed by atoms with Gasteiger partial charge in [0.15, 0.2) is 5.82 Å². The number of hydrogen-bond acceptors (Lipinski definition) is 4. The van der Waals surface area contributed by atoms with E-state index in [2.05, 4.69) is 31.8 Å². The van der Waals surface area contributed by atoms with Crippen molar-refractivity contribution in [1.82, 2.24) is 19.7 Å². The van der Waals surface area contributed by atoms with Gasteiger partial charge in [-0.05, 0) is 31.9 Å². The van der Waals surface area contributed by atoms with E-state index < -0.39 is 0 Å². The van der Waals surface area contributed by atoms with Crippen LogP contribution in [-0.2, 0) is 13.0 Å². The van der Waals surface area contributed by atoms with Crippen LogP contribution in [0, 0.1) is 0 Å². The highest BCUT2D eigenvalue weighted by Gasteiger charge is 2.42. The van der Waals surface area contributed by atoms with Gasteiger partial charge in [0, 0.05) is 24.6 Å². The van der Waals surface area contributed by atoms with Crippen LogP contribution in [0.1, 0.15) is 35.9 Å². The van der Waals surface area contributed by atoms with Crippen molar-refractivity contribution < 1.29 is 9.53 Å². The van der Waals surface area contributed by atoms with Gasteiger partial charge >= 0.3 is 0 Å². The molecule has 2 aliphatic rings. The van der Waals surface area contributed by atoms with E-state index in [4.69, 9.17) is 4.74 Å². The van der Waals surface area contributed by atoms with Gasteiger partial charge < -0.3 is 14.2 Å². The number of hydrogen-bond donors (Lipinski definition) is 0. The van der Waals surface area contributed by atoms with Gasteiger partial charge in [-0.2, -0.15) is 0 Å². The zero-order chi connectivity index (χ0) is 19.8. The molecule has 1 amide bonds. The van der Waals surface area contributed by atoms with Gasteiger partial charge in [0.1, 0.15) is 11.6 Å². The molecule has 0 spiro atoms. The van der Waals surface area contributed by atoms with E-state index in [0.29, 0.717) is 17.9 Å². The maximum atomic E-state index is 13.5. The zero-order valence-electron chi connectivity index (χ0n) is 16.5. The highest BCUT2D eigenvalue weighted by atomic mass is 16.5. The first-order valence-corrected chi connectivity index (χ1v) is 10.3. The Balaban J connectivity index is 1.48. The van der Waals surface area contributed by atoms with Crippen LogP contribution in [0.25, 0.3) is 11.4 Å². The lowest BCUT2D eigenvalue weighted by Gasteiger charge is -2.28. The number of nitrogens with zero attached hydrogens (tertiary/aromatic N) is 4. The minimum atomic E-state index is 0.0570. The Hall–Kier alpha value is -3.15. The van der Waals surface area contributed by atoms with Gasteiger partial charge in [-0.15, -0.1) is 10.2 Å². The van der Waals surface area contributed by atoms with E-state index in [1.807, 2.05) is 49.4 Å². The summed E-state index contributed by atoms with van der Waals surface area (Å²) in [7, 11) is 0. The van der Waals surface area contributed by atoms with Crippen LogP contribution in [0.15, 0.2) is 54.6 Å². The number of ether oxygens (including phenoxy) is 1. The first-order valence-electron chi connectivity index (χ1n) is 10.3. The number of fused-ring (bicyclic) bond motifs is 3. The van der Waals surface area contributed by atoms with Crippen LogP contribution < -0.4 is 4.74 Å². The van der Waals surface area contributed by atoms with E-state index in [9.17, 15) is 4.79 Å². The molecular formula is C23H24N4O2. The molecule has 2 atom stereocenters. The van der Waals surface area contributed by atoms with Crippen molar-refractivity contribution in [2.45, 2.75) is 44.8 Å². The van der Waals surface area contributed by atoms with Crippen LogP contribution in [0.2, 0.25) is 0 Å². The third-order valence-corrected chi connectivity index (χ3v) is 5.94. The number of carbonyl (C=O) groups is 1. The molecule has 2 aromatic carbocycles. The number of aromatic nitrogens is 3. The van der Waals surface area contributed by atoms with Gasteiger partial charge in [0.2, 0.25) is 0 Å². The summed E-state index contributed by atoms with van der Waals surface area (Å²) in [5.41, 5.74) is 1.70. The Kier molecular flexibility index (Phi) is 4.54. The summed E-state index contributed by atoms with van der Waals surface area (Å²) in [5, 5.41) is 8.94. The number of amides is 1. The normalized spacial score (nSPS) is 20.2. The number of rotatable bonds is 4. The van der Waals surface area contributed by atoms with Crippen molar-refractivity contribution in [2.24, 2.45) is 0 Å². The molecule has 148 valence electrons. The molecule has 0 aliphatic carbocycles. The van der Waals surface area contributed by atoms with Gasteiger partial charge in [-0.25, -0.2) is 0 Å². The second-order valence-electron chi connectivity index (χ2n) is 7.65. The summed E-state index contributed by atoms with van der Waals surface area (Å²) in [6.07, 6.45) is 2.73. The molecule has 0 N–H and O–H groups in total. The van der Waals surface area contributed by atoms with Crippen molar-refractivity contribution in [2.75, 3.05) is 6.61 Å². The van der Waals surface area contributed by atoms with Crippen molar-refractivity contribution >= 4 is 5.91 Å². The number of benzene rings is 2. The Morgan fingerprint density at radius 1 is 1.03 bits per heavy atom. The van der Waals surface area contributed by atoms with Crippen molar-refractivity contribution in [3.8, 4) is 17.1 Å². The average molecular weight is 388 g/mol. The Bertz CT molecular complexity index is 1030. The fraction of sp³-hybridized carbons (Fsp3) is 0.348. The quantitative estimate of drug-likeness (QED) is 0.686. The molecule has 2 bridgehead atoms. The smallest absolute Gasteiger partial charge is 0.258 e. The summed E-state index contributed by atoms with van der Waals surface area (Å²) in [6, 6.07) is 18.0. The molecule has 29 heavy (non-hydrogen) atoms. The fourth-order valence-corrected chi connectivity index (χ4v) is 4.64. The second-order valence-corrected chi connectivity index (χ2v) is 7.65. The van der Waals surface area contributed by atoms with Gasteiger partial charge in [0.05, 0.1) is 18.2 Å². The molecule has 2 aliphatic heterocycles. The molecule has 3 heterocycles. The Labute approximate surface area is 170 Å². The zero-order valence-corrected chi connectivity index (χ0v) is 16.5. The maximum absolute atomic E-state index is 13.5. The van der Waals surface area contributed by atoms with E-state index in [-0.39, 0.29) is 18.0 Å². The summed E-state index contributed by atoms with van der Waals surface area (Å²) in [6.45, 7) is 3.21.